The molecule has 1 aromatic heterocycles. The minimum atomic E-state index is -1.10. The van der Waals surface area contributed by atoms with Gasteiger partial charge < -0.3 is 20.7 Å². The van der Waals surface area contributed by atoms with E-state index in [2.05, 4.69) is 15.6 Å². The molecule has 0 spiro atoms. The Kier molecular flexibility index (Phi) is 4.76. The highest BCUT2D eigenvalue weighted by Gasteiger charge is 2.16. The van der Waals surface area contributed by atoms with E-state index in [1.165, 1.54) is 0 Å². The molecule has 2 amide bonds. The number of H-pyrrole nitrogens is 1. The van der Waals surface area contributed by atoms with Crippen molar-refractivity contribution in [3.63, 3.8) is 0 Å². The number of aryl methyl sites for hydroxylation is 1. The fourth-order valence-corrected chi connectivity index (χ4v) is 1.69. The molecule has 1 rings (SSSR count). The number of carbonyl (C=O) groups is 2. The number of hydrogen-bond acceptors (Lipinski definition) is 2. The van der Waals surface area contributed by atoms with Gasteiger partial charge in [-0.3, -0.25) is 0 Å². The molecule has 0 aliphatic carbocycles. The Balaban J connectivity index is 2.72. The average Bonchev–Trinajstić information content (AvgIpc) is 2.67. The molecule has 6 nitrogen and oxygen atoms in total. The number of aromatic amines is 1. The van der Waals surface area contributed by atoms with Crippen LogP contribution in [-0.4, -0.2) is 28.1 Å². The number of carboxylic acid groups (broad SMARTS) is 1. The lowest BCUT2D eigenvalue weighted by Gasteiger charge is -2.15. The zero-order valence-corrected chi connectivity index (χ0v) is 10.8. The minimum Gasteiger partial charge on any atom is -0.477 e. The SMILES string of the molecule is CCC(CC)NC(=O)Nc1cc(C)[nH]c1C(=O)O. The van der Waals surface area contributed by atoms with Gasteiger partial charge in [0.2, 0.25) is 0 Å². The van der Waals surface area contributed by atoms with Gasteiger partial charge in [0, 0.05) is 11.7 Å². The van der Waals surface area contributed by atoms with E-state index in [9.17, 15) is 9.59 Å². The quantitative estimate of drug-likeness (QED) is 0.648. The first-order valence-electron chi connectivity index (χ1n) is 5.98. The number of aromatic carboxylic acids is 1. The van der Waals surface area contributed by atoms with E-state index in [-0.39, 0.29) is 23.5 Å². The van der Waals surface area contributed by atoms with Crippen molar-refractivity contribution in [1.29, 1.82) is 0 Å². The van der Waals surface area contributed by atoms with Crippen molar-refractivity contribution >= 4 is 17.7 Å². The number of aromatic nitrogens is 1. The third-order valence-electron chi connectivity index (χ3n) is 2.74. The topological polar surface area (TPSA) is 94.2 Å². The van der Waals surface area contributed by atoms with Gasteiger partial charge in [-0.05, 0) is 25.8 Å². The molecule has 0 aliphatic rings. The molecule has 0 aliphatic heterocycles. The Morgan fingerprint density at radius 2 is 2.00 bits per heavy atom. The van der Waals surface area contributed by atoms with Crippen molar-refractivity contribution in [1.82, 2.24) is 10.3 Å². The largest absolute Gasteiger partial charge is 0.477 e. The highest BCUT2D eigenvalue weighted by Crippen LogP contribution is 2.16. The Hall–Kier alpha value is -1.98. The van der Waals surface area contributed by atoms with Gasteiger partial charge in [-0.1, -0.05) is 13.8 Å². The summed E-state index contributed by atoms with van der Waals surface area (Å²) < 4.78 is 0. The first-order chi connectivity index (χ1) is 8.47. The van der Waals surface area contributed by atoms with Crippen molar-refractivity contribution in [2.75, 3.05) is 5.32 Å². The van der Waals surface area contributed by atoms with Crippen molar-refractivity contribution in [2.45, 2.75) is 39.7 Å². The highest BCUT2D eigenvalue weighted by molar-refractivity contribution is 5.99. The molecule has 0 saturated heterocycles. The molecule has 0 saturated carbocycles. The average molecular weight is 253 g/mol. The van der Waals surface area contributed by atoms with Gasteiger partial charge in [0.05, 0.1) is 5.69 Å². The Morgan fingerprint density at radius 1 is 1.39 bits per heavy atom. The molecule has 4 N–H and O–H groups in total. The van der Waals surface area contributed by atoms with E-state index < -0.39 is 5.97 Å². The monoisotopic (exact) mass is 253 g/mol. The van der Waals surface area contributed by atoms with E-state index in [0.29, 0.717) is 5.69 Å². The van der Waals surface area contributed by atoms with Crippen LogP contribution in [0.5, 0.6) is 0 Å². The van der Waals surface area contributed by atoms with Gasteiger partial charge in [-0.2, -0.15) is 0 Å². The lowest BCUT2D eigenvalue weighted by Crippen LogP contribution is -2.37. The molecular formula is C12H19N3O3. The second kappa shape index (κ2) is 6.09. The standard InChI is InChI=1S/C12H19N3O3/c1-4-8(5-2)14-12(18)15-9-6-7(3)13-10(9)11(16)17/h6,8,13H,4-5H2,1-3H3,(H,16,17)(H2,14,15,18). The second-order valence-corrected chi connectivity index (χ2v) is 4.16. The van der Waals surface area contributed by atoms with E-state index in [0.717, 1.165) is 12.8 Å². The molecule has 0 atom stereocenters. The number of urea groups is 1. The van der Waals surface area contributed by atoms with Gasteiger partial charge in [0.15, 0.2) is 0 Å². The summed E-state index contributed by atoms with van der Waals surface area (Å²) in [7, 11) is 0. The Morgan fingerprint density at radius 3 is 2.50 bits per heavy atom. The molecule has 1 heterocycles. The van der Waals surface area contributed by atoms with E-state index in [4.69, 9.17) is 5.11 Å². The number of carbonyl (C=O) groups excluding carboxylic acids is 1. The maximum atomic E-state index is 11.7. The molecule has 0 radical (unpaired) electrons. The van der Waals surface area contributed by atoms with Crippen LogP contribution in [0, 0.1) is 6.92 Å². The third kappa shape index (κ3) is 3.51. The zero-order valence-electron chi connectivity index (χ0n) is 10.8. The lowest BCUT2D eigenvalue weighted by atomic mass is 10.2. The third-order valence-corrected chi connectivity index (χ3v) is 2.74. The molecule has 100 valence electrons. The maximum Gasteiger partial charge on any atom is 0.354 e. The van der Waals surface area contributed by atoms with E-state index in [1.807, 2.05) is 13.8 Å². The number of amides is 2. The summed E-state index contributed by atoms with van der Waals surface area (Å²) >= 11 is 0. The summed E-state index contributed by atoms with van der Waals surface area (Å²) in [4.78, 5) is 25.3. The summed E-state index contributed by atoms with van der Waals surface area (Å²) in [5.74, 6) is -1.10. The molecule has 0 fully saturated rings. The van der Waals surface area contributed by atoms with Gasteiger partial charge >= 0.3 is 12.0 Å². The predicted molar refractivity (Wildman–Crippen MR) is 69.0 cm³/mol. The van der Waals surface area contributed by atoms with Crippen LogP contribution in [0.15, 0.2) is 6.07 Å². The first-order valence-corrected chi connectivity index (χ1v) is 5.98. The van der Waals surface area contributed by atoms with Crippen LogP contribution in [0.25, 0.3) is 0 Å². The number of nitrogens with one attached hydrogen (secondary N) is 3. The van der Waals surface area contributed by atoms with Gasteiger partial charge in [-0.15, -0.1) is 0 Å². The maximum absolute atomic E-state index is 11.7. The van der Waals surface area contributed by atoms with E-state index in [1.54, 1.807) is 13.0 Å². The van der Waals surface area contributed by atoms with Crippen molar-refractivity contribution in [3.8, 4) is 0 Å². The van der Waals surface area contributed by atoms with Gasteiger partial charge in [0.1, 0.15) is 5.69 Å². The molecule has 6 heteroatoms. The fourth-order valence-electron chi connectivity index (χ4n) is 1.69. The molecule has 0 aromatic carbocycles. The van der Waals surface area contributed by atoms with Crippen LogP contribution in [0.3, 0.4) is 0 Å². The zero-order chi connectivity index (χ0) is 13.7. The molecule has 0 bridgehead atoms. The smallest absolute Gasteiger partial charge is 0.354 e. The van der Waals surface area contributed by atoms with Gasteiger partial charge in [0.25, 0.3) is 0 Å². The number of hydrogen-bond donors (Lipinski definition) is 4. The molecular weight excluding hydrogens is 234 g/mol. The second-order valence-electron chi connectivity index (χ2n) is 4.16. The number of anilines is 1. The van der Waals surface area contributed by atoms with Gasteiger partial charge in [-0.25, -0.2) is 9.59 Å². The van der Waals surface area contributed by atoms with Crippen molar-refractivity contribution in [3.05, 3.63) is 17.5 Å². The van der Waals surface area contributed by atoms with E-state index >= 15 is 0 Å². The Bertz CT molecular complexity index is 436. The van der Waals surface area contributed by atoms with Crippen LogP contribution in [0.1, 0.15) is 42.9 Å². The Labute approximate surface area is 106 Å². The summed E-state index contributed by atoms with van der Waals surface area (Å²) in [5, 5.41) is 14.3. The number of carboxylic acids is 1. The van der Waals surface area contributed by atoms with Crippen LogP contribution >= 0.6 is 0 Å². The normalized spacial score (nSPS) is 10.4. The summed E-state index contributed by atoms with van der Waals surface area (Å²) in [6.45, 7) is 5.70. The number of rotatable bonds is 5. The summed E-state index contributed by atoms with van der Waals surface area (Å²) in [6, 6.07) is 1.30. The highest BCUT2D eigenvalue weighted by atomic mass is 16.4. The van der Waals surface area contributed by atoms with Crippen LogP contribution in [0.2, 0.25) is 0 Å². The lowest BCUT2D eigenvalue weighted by molar-refractivity contribution is 0.0692. The van der Waals surface area contributed by atoms with Crippen LogP contribution in [0.4, 0.5) is 10.5 Å². The van der Waals surface area contributed by atoms with Crippen molar-refractivity contribution < 1.29 is 14.7 Å². The first kappa shape index (κ1) is 14.1. The fraction of sp³-hybridized carbons (Fsp3) is 0.500. The van der Waals surface area contributed by atoms with Crippen LogP contribution < -0.4 is 10.6 Å². The summed E-state index contributed by atoms with van der Waals surface area (Å²) in [5.41, 5.74) is 0.959. The minimum absolute atomic E-state index is 0.00723. The molecule has 18 heavy (non-hydrogen) atoms. The molecule has 0 unspecified atom stereocenters. The predicted octanol–water partition coefficient (Wildman–Crippen LogP) is 2.33. The van der Waals surface area contributed by atoms with Crippen LogP contribution in [-0.2, 0) is 0 Å². The van der Waals surface area contributed by atoms with Crippen molar-refractivity contribution in [2.24, 2.45) is 0 Å². The summed E-state index contributed by atoms with van der Waals surface area (Å²) in [6.07, 6.45) is 1.67. The molecule has 1 aromatic rings.